The molecule has 0 saturated carbocycles. The second-order valence-electron chi connectivity index (χ2n) is 6.09. The number of amides is 1. The molecule has 1 atom stereocenters. The van der Waals surface area contributed by atoms with E-state index in [2.05, 4.69) is 10.6 Å². The maximum atomic E-state index is 12.6. The fourth-order valence-electron chi connectivity index (χ4n) is 1.76. The van der Waals surface area contributed by atoms with Gasteiger partial charge in [0.15, 0.2) is 0 Å². The Morgan fingerprint density at radius 3 is 2.26 bits per heavy atom. The average molecular weight is 333 g/mol. The number of halogens is 3. The van der Waals surface area contributed by atoms with Crippen molar-refractivity contribution in [1.82, 2.24) is 5.32 Å². The molecule has 2 N–H and O–H groups in total. The molecule has 0 aliphatic carbocycles. The minimum atomic E-state index is -4.68. The van der Waals surface area contributed by atoms with E-state index in [0.29, 0.717) is 6.07 Å². The Morgan fingerprint density at radius 1 is 1.26 bits per heavy atom. The summed E-state index contributed by atoms with van der Waals surface area (Å²) in [7, 11) is 0. The van der Waals surface area contributed by atoms with Crippen molar-refractivity contribution >= 4 is 17.3 Å². The van der Waals surface area contributed by atoms with Crippen LogP contribution in [-0.4, -0.2) is 22.4 Å². The summed E-state index contributed by atoms with van der Waals surface area (Å²) in [5.41, 5.74) is -2.52. The number of carbonyl (C=O) groups excluding carboxylic acids is 1. The summed E-state index contributed by atoms with van der Waals surface area (Å²) in [5, 5.41) is 16.2. The van der Waals surface area contributed by atoms with Gasteiger partial charge in [0.05, 0.1) is 10.5 Å². The lowest BCUT2D eigenvalue weighted by Gasteiger charge is -2.24. The summed E-state index contributed by atoms with van der Waals surface area (Å²) in [4.78, 5) is 22.0. The van der Waals surface area contributed by atoms with E-state index in [1.807, 2.05) is 0 Å². The number of hydrogen-bond donors (Lipinski definition) is 2. The highest BCUT2D eigenvalue weighted by Crippen LogP contribution is 2.35. The predicted octanol–water partition coefficient (Wildman–Crippen LogP) is 3.33. The van der Waals surface area contributed by atoms with Gasteiger partial charge in [-0.15, -0.1) is 0 Å². The number of hydrogen-bond acceptors (Lipinski definition) is 4. The number of benzene rings is 1. The lowest BCUT2D eigenvalue weighted by molar-refractivity contribution is -0.384. The molecular formula is C14H18F3N3O3. The highest BCUT2D eigenvalue weighted by molar-refractivity contribution is 5.85. The lowest BCUT2D eigenvalue weighted by Crippen LogP contribution is -2.47. The number of nitro groups is 1. The Bertz CT molecular complexity index is 610. The van der Waals surface area contributed by atoms with Crippen LogP contribution < -0.4 is 10.6 Å². The molecule has 0 aliphatic heterocycles. The molecule has 0 spiro atoms. The third-order valence-electron chi connectivity index (χ3n) is 2.79. The zero-order valence-electron chi connectivity index (χ0n) is 13.1. The number of nitrogens with one attached hydrogen (secondary N) is 2. The number of carbonyl (C=O) groups is 1. The second-order valence-corrected chi connectivity index (χ2v) is 6.09. The highest BCUT2D eigenvalue weighted by atomic mass is 19.4. The molecule has 1 amide bonds. The van der Waals surface area contributed by atoms with Crippen molar-refractivity contribution in [3.8, 4) is 0 Å². The third-order valence-corrected chi connectivity index (χ3v) is 2.79. The summed E-state index contributed by atoms with van der Waals surface area (Å²) >= 11 is 0. The summed E-state index contributed by atoms with van der Waals surface area (Å²) < 4.78 is 37.9. The highest BCUT2D eigenvalue weighted by Gasteiger charge is 2.33. The van der Waals surface area contributed by atoms with E-state index >= 15 is 0 Å². The van der Waals surface area contributed by atoms with Crippen molar-refractivity contribution in [2.24, 2.45) is 0 Å². The van der Waals surface area contributed by atoms with Gasteiger partial charge in [0, 0.05) is 11.6 Å². The van der Waals surface area contributed by atoms with Gasteiger partial charge in [-0.05, 0) is 39.8 Å². The van der Waals surface area contributed by atoms with Crippen LogP contribution in [0.25, 0.3) is 0 Å². The summed E-state index contributed by atoms with van der Waals surface area (Å²) in [6, 6.07) is 1.26. The average Bonchev–Trinajstić information content (AvgIpc) is 2.35. The van der Waals surface area contributed by atoms with Crippen LogP contribution in [0.3, 0.4) is 0 Å². The van der Waals surface area contributed by atoms with Crippen molar-refractivity contribution < 1.29 is 22.9 Å². The van der Waals surface area contributed by atoms with Crippen LogP contribution in [0.15, 0.2) is 18.2 Å². The van der Waals surface area contributed by atoms with Crippen LogP contribution >= 0.6 is 0 Å². The molecule has 6 nitrogen and oxygen atoms in total. The summed E-state index contributed by atoms with van der Waals surface area (Å²) in [6.07, 6.45) is -4.68. The first kappa shape index (κ1) is 18.7. The molecule has 0 aliphatic rings. The zero-order valence-corrected chi connectivity index (χ0v) is 13.1. The summed E-state index contributed by atoms with van der Waals surface area (Å²) in [5.74, 6) is -0.424. The number of nitrogens with zero attached hydrogens (tertiary/aromatic N) is 1. The van der Waals surface area contributed by atoms with Gasteiger partial charge in [-0.1, -0.05) is 0 Å². The molecule has 1 aromatic rings. The van der Waals surface area contributed by atoms with E-state index in [1.54, 1.807) is 20.8 Å². The molecule has 1 unspecified atom stereocenters. The van der Waals surface area contributed by atoms with Gasteiger partial charge < -0.3 is 10.6 Å². The molecule has 1 rings (SSSR count). The van der Waals surface area contributed by atoms with Gasteiger partial charge in [0.25, 0.3) is 5.69 Å². The van der Waals surface area contributed by atoms with Crippen LogP contribution in [0.2, 0.25) is 0 Å². The van der Waals surface area contributed by atoms with Crippen LogP contribution in [0.5, 0.6) is 0 Å². The van der Waals surface area contributed by atoms with E-state index in [9.17, 15) is 28.1 Å². The number of anilines is 1. The fourth-order valence-corrected chi connectivity index (χ4v) is 1.76. The quantitative estimate of drug-likeness (QED) is 0.654. The number of alkyl halides is 3. The lowest BCUT2D eigenvalue weighted by atomic mass is 10.1. The maximum Gasteiger partial charge on any atom is 0.416 e. The first-order chi connectivity index (χ1) is 10.3. The number of nitro benzene ring substituents is 1. The molecular weight excluding hydrogens is 315 g/mol. The Kier molecular flexibility index (Phi) is 5.24. The smallest absolute Gasteiger partial charge is 0.368 e. The van der Waals surface area contributed by atoms with E-state index < -0.39 is 39.8 Å². The minimum absolute atomic E-state index is 0.153. The molecule has 0 radical (unpaired) electrons. The molecule has 0 fully saturated rings. The number of rotatable bonds is 4. The van der Waals surface area contributed by atoms with E-state index in [4.69, 9.17) is 0 Å². The van der Waals surface area contributed by atoms with Gasteiger partial charge in [0.1, 0.15) is 11.7 Å². The van der Waals surface area contributed by atoms with E-state index in [1.165, 1.54) is 6.92 Å². The van der Waals surface area contributed by atoms with Crippen molar-refractivity contribution in [3.63, 3.8) is 0 Å². The van der Waals surface area contributed by atoms with Gasteiger partial charge in [0.2, 0.25) is 5.91 Å². The Labute approximate surface area is 131 Å². The van der Waals surface area contributed by atoms with Crippen LogP contribution in [0.4, 0.5) is 24.5 Å². The molecule has 0 saturated heterocycles. The maximum absolute atomic E-state index is 12.6. The third kappa shape index (κ3) is 5.42. The van der Waals surface area contributed by atoms with E-state index in [-0.39, 0.29) is 5.69 Å². The topological polar surface area (TPSA) is 84.3 Å². The van der Waals surface area contributed by atoms with Crippen molar-refractivity contribution in [1.29, 1.82) is 0 Å². The standard InChI is InChI=1S/C14H18F3N3O3/c1-8(12(21)19-13(2,3)4)18-10-6-5-9(14(15,16)17)7-11(10)20(22)23/h5-8,18H,1-4H3,(H,19,21). The van der Waals surface area contributed by atoms with Crippen molar-refractivity contribution in [3.05, 3.63) is 33.9 Å². The molecule has 23 heavy (non-hydrogen) atoms. The molecule has 128 valence electrons. The first-order valence-corrected chi connectivity index (χ1v) is 6.75. The summed E-state index contributed by atoms with van der Waals surface area (Å²) in [6.45, 7) is 6.75. The first-order valence-electron chi connectivity index (χ1n) is 6.75. The van der Waals surface area contributed by atoms with Gasteiger partial charge in [-0.3, -0.25) is 14.9 Å². The van der Waals surface area contributed by atoms with Gasteiger partial charge in [-0.2, -0.15) is 13.2 Å². The molecule has 1 aromatic carbocycles. The largest absolute Gasteiger partial charge is 0.416 e. The van der Waals surface area contributed by atoms with Gasteiger partial charge >= 0.3 is 6.18 Å². The molecule has 0 bridgehead atoms. The normalized spacial score (nSPS) is 13.3. The van der Waals surface area contributed by atoms with Crippen LogP contribution in [0.1, 0.15) is 33.3 Å². The molecule has 9 heteroatoms. The van der Waals surface area contributed by atoms with Gasteiger partial charge in [-0.25, -0.2) is 0 Å². The second kappa shape index (κ2) is 6.43. The van der Waals surface area contributed by atoms with Crippen molar-refractivity contribution in [2.75, 3.05) is 5.32 Å². The predicted molar refractivity (Wildman–Crippen MR) is 79.1 cm³/mol. The van der Waals surface area contributed by atoms with Crippen LogP contribution in [0, 0.1) is 10.1 Å². The Hall–Kier alpha value is -2.32. The van der Waals surface area contributed by atoms with E-state index in [0.717, 1.165) is 12.1 Å². The minimum Gasteiger partial charge on any atom is -0.368 e. The SMILES string of the molecule is CC(Nc1ccc(C(F)(F)F)cc1[N+](=O)[O-])C(=O)NC(C)(C)C. The monoisotopic (exact) mass is 333 g/mol. The zero-order chi connectivity index (χ0) is 18.0. The Morgan fingerprint density at radius 2 is 1.83 bits per heavy atom. The van der Waals surface area contributed by atoms with Crippen molar-refractivity contribution in [2.45, 2.75) is 45.5 Å². The molecule has 0 heterocycles. The molecule has 0 aromatic heterocycles. The van der Waals surface area contributed by atoms with Crippen LogP contribution in [-0.2, 0) is 11.0 Å². The Balaban J connectivity index is 3.04. The fraction of sp³-hybridized carbons (Fsp3) is 0.500.